The minimum absolute atomic E-state index is 0.303. The van der Waals surface area contributed by atoms with E-state index in [0.717, 1.165) is 11.1 Å². The lowest BCUT2D eigenvalue weighted by atomic mass is 10.0. The summed E-state index contributed by atoms with van der Waals surface area (Å²) < 4.78 is 5.27. The highest BCUT2D eigenvalue weighted by atomic mass is 16.5. The van der Waals surface area contributed by atoms with Gasteiger partial charge in [-0.25, -0.2) is 4.90 Å². The molecule has 32 heavy (non-hydrogen) atoms. The van der Waals surface area contributed by atoms with Crippen LogP contribution in [0.15, 0.2) is 84.6 Å². The van der Waals surface area contributed by atoms with Gasteiger partial charge in [0.2, 0.25) is 0 Å². The molecule has 4 rings (SSSR count). The lowest BCUT2D eigenvalue weighted by molar-refractivity contribution is -0.120. The molecule has 0 saturated carbocycles. The third kappa shape index (κ3) is 4.02. The van der Waals surface area contributed by atoms with Crippen LogP contribution >= 0.6 is 0 Å². The molecule has 2 amide bonds. The van der Waals surface area contributed by atoms with E-state index < -0.39 is 0 Å². The number of rotatable bonds is 7. The van der Waals surface area contributed by atoms with E-state index in [1.165, 1.54) is 4.90 Å². The van der Waals surface area contributed by atoms with Crippen LogP contribution in [-0.4, -0.2) is 30.4 Å². The second kappa shape index (κ2) is 9.10. The third-order valence-electron chi connectivity index (χ3n) is 5.64. The van der Waals surface area contributed by atoms with E-state index in [1.54, 1.807) is 19.2 Å². The first kappa shape index (κ1) is 21.4. The van der Waals surface area contributed by atoms with Crippen LogP contribution in [0.25, 0.3) is 5.57 Å². The Balaban J connectivity index is 1.82. The average Bonchev–Trinajstić information content (AvgIpc) is 3.08. The number of anilines is 1. The molecule has 0 aliphatic carbocycles. The zero-order valence-corrected chi connectivity index (χ0v) is 18.5. The molecule has 0 N–H and O–H groups in total. The lowest BCUT2D eigenvalue weighted by Crippen LogP contribution is -2.35. The van der Waals surface area contributed by atoms with Crippen molar-refractivity contribution >= 4 is 23.1 Å². The molecule has 1 aliphatic heterocycles. The first-order chi connectivity index (χ1) is 15.5. The number of amides is 2. The molecule has 3 aromatic rings. The van der Waals surface area contributed by atoms with E-state index in [-0.39, 0.29) is 11.8 Å². The average molecular weight is 427 g/mol. The van der Waals surface area contributed by atoms with Gasteiger partial charge in [-0.1, -0.05) is 60.2 Å². The maximum atomic E-state index is 13.7. The Kier molecular flexibility index (Phi) is 6.08. The van der Waals surface area contributed by atoms with Gasteiger partial charge in [0, 0.05) is 13.1 Å². The number of ether oxygens (including phenoxy) is 1. The summed E-state index contributed by atoms with van der Waals surface area (Å²) in [6.45, 7) is 5.09. The van der Waals surface area contributed by atoms with E-state index in [0.29, 0.717) is 41.4 Å². The van der Waals surface area contributed by atoms with E-state index >= 15 is 0 Å². The maximum absolute atomic E-state index is 13.7. The highest BCUT2D eigenvalue weighted by Gasteiger charge is 2.42. The molecule has 162 valence electrons. The summed E-state index contributed by atoms with van der Waals surface area (Å²) in [5.74, 6) is 0.0766. The molecule has 0 unspecified atom stereocenters. The minimum Gasteiger partial charge on any atom is -0.497 e. The van der Waals surface area contributed by atoms with Crippen LogP contribution in [0, 0.1) is 6.92 Å². The third-order valence-corrected chi connectivity index (χ3v) is 5.64. The predicted molar refractivity (Wildman–Crippen MR) is 126 cm³/mol. The molecule has 0 atom stereocenters. The normalized spacial score (nSPS) is 13.7. The van der Waals surface area contributed by atoms with Crippen molar-refractivity contribution in [1.29, 1.82) is 0 Å². The Hall–Kier alpha value is -3.86. The first-order valence-corrected chi connectivity index (χ1v) is 10.7. The van der Waals surface area contributed by atoms with Crippen LogP contribution in [0.3, 0.4) is 0 Å². The van der Waals surface area contributed by atoms with E-state index in [2.05, 4.69) is 0 Å². The molecule has 0 saturated heterocycles. The highest BCUT2D eigenvalue weighted by Crippen LogP contribution is 2.36. The summed E-state index contributed by atoms with van der Waals surface area (Å²) in [4.78, 5) is 30.6. The van der Waals surface area contributed by atoms with Crippen molar-refractivity contribution < 1.29 is 14.3 Å². The number of hydrogen-bond acceptors (Lipinski definition) is 4. The van der Waals surface area contributed by atoms with Crippen LogP contribution < -0.4 is 9.64 Å². The fourth-order valence-corrected chi connectivity index (χ4v) is 3.91. The fraction of sp³-hybridized carbons (Fsp3) is 0.185. The molecule has 0 radical (unpaired) electrons. The number of methoxy groups -OCH3 is 1. The number of carbonyl (C=O) groups excluding carboxylic acids is 2. The molecule has 3 aromatic carbocycles. The summed E-state index contributed by atoms with van der Waals surface area (Å²) >= 11 is 0. The minimum atomic E-state index is -0.314. The summed E-state index contributed by atoms with van der Waals surface area (Å²) in [6, 6.07) is 24.7. The number of hydrogen-bond donors (Lipinski definition) is 0. The number of imide groups is 1. The second-order valence-corrected chi connectivity index (χ2v) is 7.73. The van der Waals surface area contributed by atoms with Gasteiger partial charge in [0.25, 0.3) is 11.8 Å². The van der Waals surface area contributed by atoms with Gasteiger partial charge in [0.1, 0.15) is 11.4 Å². The molecule has 1 aliphatic rings. The van der Waals surface area contributed by atoms with Crippen molar-refractivity contribution in [2.75, 3.05) is 18.6 Å². The largest absolute Gasteiger partial charge is 0.497 e. The Morgan fingerprint density at radius 1 is 0.844 bits per heavy atom. The number of benzene rings is 3. The maximum Gasteiger partial charge on any atom is 0.282 e. The number of nitrogens with zero attached hydrogens (tertiary/aromatic N) is 2. The molecule has 0 spiro atoms. The van der Waals surface area contributed by atoms with Gasteiger partial charge in [-0.05, 0) is 49.2 Å². The summed E-state index contributed by atoms with van der Waals surface area (Å²) in [6.07, 6.45) is 0. The van der Waals surface area contributed by atoms with Gasteiger partial charge in [0.05, 0.1) is 18.4 Å². The summed E-state index contributed by atoms with van der Waals surface area (Å²) in [7, 11) is 1.60. The smallest absolute Gasteiger partial charge is 0.282 e. The molecule has 0 aromatic heterocycles. The Labute approximate surface area is 188 Å². The SMILES string of the molecule is CCN(Cc1ccccc1)C1=C(c2ccc(OC)cc2)C(=O)N(c2ccc(C)cc2)C1=O. The van der Waals surface area contributed by atoms with Crippen LogP contribution in [0.1, 0.15) is 23.6 Å². The number of likely N-dealkylation sites (N-methyl/N-ethyl adjacent to an activating group) is 1. The quantitative estimate of drug-likeness (QED) is 0.509. The van der Waals surface area contributed by atoms with Crippen LogP contribution in [0.5, 0.6) is 5.75 Å². The second-order valence-electron chi connectivity index (χ2n) is 7.73. The van der Waals surface area contributed by atoms with Crippen molar-refractivity contribution in [3.05, 3.63) is 101 Å². The zero-order chi connectivity index (χ0) is 22.7. The van der Waals surface area contributed by atoms with Crippen LogP contribution in [0.4, 0.5) is 5.69 Å². The topological polar surface area (TPSA) is 49.9 Å². The molecular formula is C27H26N2O3. The van der Waals surface area contributed by atoms with E-state index in [4.69, 9.17) is 4.74 Å². The monoisotopic (exact) mass is 426 g/mol. The molecule has 5 heteroatoms. The van der Waals surface area contributed by atoms with Crippen LogP contribution in [-0.2, 0) is 16.1 Å². The van der Waals surface area contributed by atoms with E-state index in [9.17, 15) is 9.59 Å². The van der Waals surface area contributed by atoms with Gasteiger partial charge in [-0.2, -0.15) is 0 Å². The van der Waals surface area contributed by atoms with Crippen molar-refractivity contribution in [3.8, 4) is 5.75 Å². The van der Waals surface area contributed by atoms with Crippen molar-refractivity contribution in [2.45, 2.75) is 20.4 Å². The van der Waals surface area contributed by atoms with Crippen molar-refractivity contribution in [1.82, 2.24) is 4.90 Å². The number of aryl methyl sites for hydroxylation is 1. The zero-order valence-electron chi connectivity index (χ0n) is 18.5. The number of carbonyl (C=O) groups is 2. The molecule has 5 nitrogen and oxygen atoms in total. The van der Waals surface area contributed by atoms with Crippen molar-refractivity contribution in [2.24, 2.45) is 0 Å². The highest BCUT2D eigenvalue weighted by molar-refractivity contribution is 6.45. The lowest BCUT2D eigenvalue weighted by Gasteiger charge is -2.25. The molecular weight excluding hydrogens is 400 g/mol. The molecule has 0 fully saturated rings. The van der Waals surface area contributed by atoms with Crippen molar-refractivity contribution in [3.63, 3.8) is 0 Å². The fourth-order valence-electron chi connectivity index (χ4n) is 3.91. The van der Waals surface area contributed by atoms with Gasteiger partial charge >= 0.3 is 0 Å². The van der Waals surface area contributed by atoms with Gasteiger partial charge in [-0.15, -0.1) is 0 Å². The molecule has 0 bridgehead atoms. The summed E-state index contributed by atoms with van der Waals surface area (Å²) in [5, 5.41) is 0. The van der Waals surface area contributed by atoms with E-state index in [1.807, 2.05) is 85.5 Å². The summed E-state index contributed by atoms with van der Waals surface area (Å²) in [5.41, 5.74) is 4.24. The predicted octanol–water partition coefficient (Wildman–Crippen LogP) is 4.81. The van der Waals surface area contributed by atoms with Gasteiger partial charge in [0.15, 0.2) is 0 Å². The Morgan fingerprint density at radius 2 is 1.50 bits per heavy atom. The first-order valence-electron chi connectivity index (χ1n) is 10.7. The Morgan fingerprint density at radius 3 is 2.09 bits per heavy atom. The standard InChI is InChI=1S/C27H26N2O3/c1-4-28(18-20-8-6-5-7-9-20)25-24(21-12-16-23(32-3)17-13-21)26(30)29(27(25)31)22-14-10-19(2)11-15-22/h5-17H,4,18H2,1-3H3. The van der Waals surface area contributed by atoms with Gasteiger partial charge in [-0.3, -0.25) is 9.59 Å². The van der Waals surface area contributed by atoms with Gasteiger partial charge < -0.3 is 9.64 Å². The Bertz CT molecular complexity index is 1150. The van der Waals surface area contributed by atoms with Crippen LogP contribution in [0.2, 0.25) is 0 Å². The molecule has 1 heterocycles.